The van der Waals surface area contributed by atoms with E-state index in [2.05, 4.69) is 44.5 Å². The molecule has 1 saturated heterocycles. The van der Waals surface area contributed by atoms with Gasteiger partial charge in [-0.3, -0.25) is 5.43 Å². The Hall–Kier alpha value is -3.49. The molecule has 3 aromatic rings. The SMILES string of the molecule is Cc1cccc(/C=N/Nc2cc(N3CCOCC3)nc(Oc3ccc(COC4CCCC4)cc3)n2)c1. The molecule has 188 valence electrons. The lowest BCUT2D eigenvalue weighted by molar-refractivity contribution is 0.0457. The molecule has 8 heteroatoms. The summed E-state index contributed by atoms with van der Waals surface area (Å²) < 4.78 is 17.6. The number of ether oxygens (including phenoxy) is 3. The summed E-state index contributed by atoms with van der Waals surface area (Å²) in [6.07, 6.45) is 7.06. The zero-order chi connectivity index (χ0) is 24.6. The second-order valence-electron chi connectivity index (χ2n) is 9.24. The minimum Gasteiger partial charge on any atom is -0.424 e. The number of benzene rings is 2. The maximum absolute atomic E-state index is 6.05. The first-order valence-corrected chi connectivity index (χ1v) is 12.7. The Kier molecular flexibility index (Phi) is 8.05. The van der Waals surface area contributed by atoms with Crippen molar-refractivity contribution in [3.05, 3.63) is 71.3 Å². The first kappa shape index (κ1) is 24.2. The lowest BCUT2D eigenvalue weighted by Crippen LogP contribution is -2.36. The van der Waals surface area contributed by atoms with Crippen molar-refractivity contribution >= 4 is 17.9 Å². The van der Waals surface area contributed by atoms with Crippen molar-refractivity contribution in [2.75, 3.05) is 36.6 Å². The average molecular weight is 488 g/mol. The fourth-order valence-corrected chi connectivity index (χ4v) is 4.42. The molecule has 0 amide bonds. The summed E-state index contributed by atoms with van der Waals surface area (Å²) in [5, 5.41) is 4.37. The molecule has 0 bridgehead atoms. The Morgan fingerprint density at radius 1 is 1.06 bits per heavy atom. The molecule has 1 aliphatic heterocycles. The maximum atomic E-state index is 6.05. The second-order valence-corrected chi connectivity index (χ2v) is 9.24. The van der Waals surface area contributed by atoms with Crippen LogP contribution in [0.25, 0.3) is 0 Å². The van der Waals surface area contributed by atoms with Gasteiger partial charge in [0, 0.05) is 19.2 Å². The Labute approximate surface area is 212 Å². The van der Waals surface area contributed by atoms with Crippen LogP contribution in [0.4, 0.5) is 11.6 Å². The highest BCUT2D eigenvalue weighted by Crippen LogP contribution is 2.26. The molecule has 1 aromatic heterocycles. The highest BCUT2D eigenvalue weighted by atomic mass is 16.5. The molecule has 1 N–H and O–H groups in total. The van der Waals surface area contributed by atoms with E-state index in [1.165, 1.54) is 31.2 Å². The Bertz CT molecular complexity index is 1160. The van der Waals surface area contributed by atoms with Gasteiger partial charge in [-0.15, -0.1) is 0 Å². The molecular weight excluding hydrogens is 454 g/mol. The van der Waals surface area contributed by atoms with Gasteiger partial charge in [0.15, 0.2) is 5.82 Å². The zero-order valence-corrected chi connectivity index (χ0v) is 20.7. The number of hydrazone groups is 1. The number of hydrogen-bond donors (Lipinski definition) is 1. The van der Waals surface area contributed by atoms with Gasteiger partial charge in [-0.25, -0.2) is 0 Å². The van der Waals surface area contributed by atoms with Crippen LogP contribution in [0, 0.1) is 6.92 Å². The molecule has 0 radical (unpaired) electrons. The fourth-order valence-electron chi connectivity index (χ4n) is 4.42. The molecule has 2 aliphatic rings. The molecule has 8 nitrogen and oxygen atoms in total. The summed E-state index contributed by atoms with van der Waals surface area (Å²) >= 11 is 0. The van der Waals surface area contributed by atoms with Crippen molar-refractivity contribution < 1.29 is 14.2 Å². The van der Waals surface area contributed by atoms with Crippen LogP contribution in [0.15, 0.2) is 59.7 Å². The van der Waals surface area contributed by atoms with Crippen LogP contribution in [0.3, 0.4) is 0 Å². The smallest absolute Gasteiger partial charge is 0.325 e. The van der Waals surface area contributed by atoms with E-state index in [1.807, 2.05) is 42.5 Å². The van der Waals surface area contributed by atoms with Crippen molar-refractivity contribution in [1.82, 2.24) is 9.97 Å². The summed E-state index contributed by atoms with van der Waals surface area (Å²) in [6.45, 7) is 5.54. The molecule has 2 fully saturated rings. The molecule has 2 aromatic carbocycles. The number of hydrogen-bond acceptors (Lipinski definition) is 8. The summed E-state index contributed by atoms with van der Waals surface area (Å²) in [6, 6.07) is 18.2. The van der Waals surface area contributed by atoms with Crippen LogP contribution in [-0.2, 0) is 16.1 Å². The van der Waals surface area contributed by atoms with E-state index in [9.17, 15) is 0 Å². The topological polar surface area (TPSA) is 81.1 Å². The number of nitrogens with one attached hydrogen (secondary N) is 1. The third kappa shape index (κ3) is 6.80. The van der Waals surface area contributed by atoms with Gasteiger partial charge in [-0.1, -0.05) is 54.8 Å². The summed E-state index contributed by atoms with van der Waals surface area (Å²) in [7, 11) is 0. The highest BCUT2D eigenvalue weighted by Gasteiger charge is 2.17. The van der Waals surface area contributed by atoms with Crippen molar-refractivity contribution in [2.24, 2.45) is 5.10 Å². The van der Waals surface area contributed by atoms with Crippen LogP contribution in [-0.4, -0.2) is 48.6 Å². The molecule has 36 heavy (non-hydrogen) atoms. The third-order valence-electron chi connectivity index (χ3n) is 6.38. The van der Waals surface area contributed by atoms with E-state index >= 15 is 0 Å². The fraction of sp³-hybridized carbons (Fsp3) is 0.393. The first-order chi connectivity index (χ1) is 17.7. The van der Waals surface area contributed by atoms with Crippen LogP contribution < -0.4 is 15.1 Å². The Balaban J connectivity index is 1.28. The van der Waals surface area contributed by atoms with Crippen molar-refractivity contribution in [3.8, 4) is 11.8 Å². The molecule has 0 unspecified atom stereocenters. The minimum absolute atomic E-state index is 0.266. The van der Waals surface area contributed by atoms with Crippen molar-refractivity contribution in [3.63, 3.8) is 0 Å². The lowest BCUT2D eigenvalue weighted by Gasteiger charge is -2.28. The normalized spacial score (nSPS) is 16.5. The maximum Gasteiger partial charge on any atom is 0.325 e. The molecule has 1 saturated carbocycles. The van der Waals surface area contributed by atoms with Gasteiger partial charge in [-0.05, 0) is 43.0 Å². The average Bonchev–Trinajstić information content (AvgIpc) is 3.43. The quantitative estimate of drug-likeness (QED) is 0.323. The molecule has 0 spiro atoms. The van der Waals surface area contributed by atoms with E-state index < -0.39 is 0 Å². The van der Waals surface area contributed by atoms with E-state index in [1.54, 1.807) is 6.21 Å². The summed E-state index contributed by atoms with van der Waals surface area (Å²) in [5.74, 6) is 2.01. The molecular formula is C28H33N5O3. The first-order valence-electron chi connectivity index (χ1n) is 12.7. The summed E-state index contributed by atoms with van der Waals surface area (Å²) in [5.41, 5.74) is 6.36. The van der Waals surface area contributed by atoms with Gasteiger partial charge in [0.05, 0.1) is 32.1 Å². The van der Waals surface area contributed by atoms with Crippen LogP contribution in [0.2, 0.25) is 0 Å². The minimum atomic E-state index is 0.266. The predicted molar refractivity (Wildman–Crippen MR) is 141 cm³/mol. The Morgan fingerprint density at radius 2 is 1.86 bits per heavy atom. The largest absolute Gasteiger partial charge is 0.424 e. The second kappa shape index (κ2) is 12.0. The van der Waals surface area contributed by atoms with E-state index in [0.717, 1.165) is 30.0 Å². The third-order valence-corrected chi connectivity index (χ3v) is 6.38. The van der Waals surface area contributed by atoms with Gasteiger partial charge in [-0.2, -0.15) is 15.1 Å². The van der Waals surface area contributed by atoms with Crippen molar-refractivity contribution in [2.45, 2.75) is 45.3 Å². The lowest BCUT2D eigenvalue weighted by atomic mass is 10.2. The van der Waals surface area contributed by atoms with Gasteiger partial charge in [0.1, 0.15) is 11.6 Å². The van der Waals surface area contributed by atoms with Gasteiger partial charge in [0.25, 0.3) is 0 Å². The van der Waals surface area contributed by atoms with Crippen molar-refractivity contribution in [1.29, 1.82) is 0 Å². The molecule has 5 rings (SSSR count). The zero-order valence-electron chi connectivity index (χ0n) is 20.7. The number of aromatic nitrogens is 2. The monoisotopic (exact) mass is 487 g/mol. The standard InChI is InChI=1S/C28H33N5O3/c1-21-5-4-6-23(17-21)19-29-32-26-18-27(33-13-15-34-16-14-33)31-28(30-26)36-25-11-9-22(10-12-25)20-35-24-7-2-3-8-24/h4-6,9-12,17-19,24H,2-3,7-8,13-16,20H2,1H3,(H,30,31,32)/b29-19+. The number of aryl methyl sites for hydroxylation is 1. The van der Waals surface area contributed by atoms with E-state index in [4.69, 9.17) is 14.2 Å². The van der Waals surface area contributed by atoms with E-state index in [-0.39, 0.29) is 6.01 Å². The van der Waals surface area contributed by atoms with E-state index in [0.29, 0.717) is 37.5 Å². The number of morpholine rings is 1. The molecule has 1 aliphatic carbocycles. The highest BCUT2D eigenvalue weighted by molar-refractivity contribution is 5.80. The van der Waals surface area contributed by atoms with Crippen LogP contribution in [0.1, 0.15) is 42.4 Å². The number of rotatable bonds is 9. The van der Waals surface area contributed by atoms with Gasteiger partial charge < -0.3 is 19.1 Å². The molecule has 2 heterocycles. The molecule has 0 atom stereocenters. The number of nitrogens with zero attached hydrogens (tertiary/aromatic N) is 4. The Morgan fingerprint density at radius 3 is 2.64 bits per heavy atom. The van der Waals surface area contributed by atoms with Crippen LogP contribution in [0.5, 0.6) is 11.8 Å². The van der Waals surface area contributed by atoms with Gasteiger partial charge >= 0.3 is 6.01 Å². The van der Waals surface area contributed by atoms with Gasteiger partial charge in [0.2, 0.25) is 0 Å². The summed E-state index contributed by atoms with van der Waals surface area (Å²) in [4.78, 5) is 11.4. The number of anilines is 2. The predicted octanol–water partition coefficient (Wildman–Crippen LogP) is 5.32. The van der Waals surface area contributed by atoms with Crippen LogP contribution >= 0.6 is 0 Å².